The summed E-state index contributed by atoms with van der Waals surface area (Å²) in [6.45, 7) is 4.04. The Labute approximate surface area is 166 Å². The summed E-state index contributed by atoms with van der Waals surface area (Å²) in [4.78, 5) is 43.3. The van der Waals surface area contributed by atoms with Crippen LogP contribution >= 0.6 is 11.3 Å². The minimum atomic E-state index is -0.918. The van der Waals surface area contributed by atoms with Crippen molar-refractivity contribution in [2.24, 2.45) is 0 Å². The first-order chi connectivity index (χ1) is 13.4. The number of aromatic nitrogens is 1. The van der Waals surface area contributed by atoms with Crippen LogP contribution < -0.4 is 15.4 Å². The van der Waals surface area contributed by atoms with Crippen molar-refractivity contribution in [3.63, 3.8) is 0 Å². The van der Waals surface area contributed by atoms with E-state index in [2.05, 4.69) is 15.6 Å². The average molecular weight is 402 g/mol. The number of hydrogen-bond acceptors (Lipinski definition) is 6. The van der Waals surface area contributed by atoms with Gasteiger partial charge >= 0.3 is 6.03 Å². The lowest BCUT2D eigenvalue weighted by Gasteiger charge is -2.23. The zero-order chi connectivity index (χ0) is 19.9. The van der Waals surface area contributed by atoms with E-state index in [-0.39, 0.29) is 5.91 Å². The molecule has 1 aromatic heterocycles. The molecule has 28 heavy (non-hydrogen) atoms. The van der Waals surface area contributed by atoms with Gasteiger partial charge in [-0.05, 0) is 44.9 Å². The summed E-state index contributed by atoms with van der Waals surface area (Å²) >= 11 is 1.32. The molecule has 9 heteroatoms. The van der Waals surface area contributed by atoms with Gasteiger partial charge in [0.25, 0.3) is 5.91 Å². The van der Waals surface area contributed by atoms with Gasteiger partial charge in [-0.2, -0.15) is 0 Å². The van der Waals surface area contributed by atoms with Crippen LogP contribution in [-0.4, -0.2) is 45.9 Å². The zero-order valence-electron chi connectivity index (χ0n) is 15.8. The molecule has 2 aliphatic rings. The molecule has 0 bridgehead atoms. The molecule has 148 valence electrons. The number of rotatable bonds is 5. The predicted octanol–water partition coefficient (Wildman–Crippen LogP) is 2.89. The third-order valence-electron chi connectivity index (χ3n) is 5.32. The van der Waals surface area contributed by atoms with E-state index in [9.17, 15) is 14.4 Å². The Hall–Kier alpha value is -2.68. The van der Waals surface area contributed by atoms with E-state index in [4.69, 9.17) is 4.74 Å². The van der Waals surface area contributed by atoms with Gasteiger partial charge in [-0.3, -0.25) is 9.59 Å². The number of hydrogen-bond donors (Lipinski definition) is 2. The number of urea groups is 1. The summed E-state index contributed by atoms with van der Waals surface area (Å²) in [5.74, 6) is -0.00275. The predicted molar refractivity (Wildman–Crippen MR) is 105 cm³/mol. The van der Waals surface area contributed by atoms with Crippen LogP contribution in [0.5, 0.6) is 5.75 Å². The largest absolute Gasteiger partial charge is 0.494 e. The van der Waals surface area contributed by atoms with Crippen molar-refractivity contribution < 1.29 is 19.1 Å². The Morgan fingerprint density at radius 2 is 2.14 bits per heavy atom. The van der Waals surface area contributed by atoms with E-state index in [1.54, 1.807) is 6.92 Å². The fourth-order valence-corrected chi connectivity index (χ4v) is 4.75. The highest BCUT2D eigenvalue weighted by atomic mass is 32.1. The molecule has 1 aliphatic carbocycles. The second-order valence-electron chi connectivity index (χ2n) is 7.14. The molecule has 2 aromatic rings. The number of thiazole rings is 1. The Bertz CT molecular complexity index is 951. The molecule has 1 saturated heterocycles. The number of amides is 4. The maximum atomic E-state index is 12.8. The minimum Gasteiger partial charge on any atom is -0.494 e. The Morgan fingerprint density at radius 3 is 2.86 bits per heavy atom. The monoisotopic (exact) mass is 402 g/mol. The van der Waals surface area contributed by atoms with E-state index in [0.717, 1.165) is 33.7 Å². The highest BCUT2D eigenvalue weighted by Crippen LogP contribution is 2.36. The number of carbonyl (C=O) groups is 3. The molecule has 2 heterocycles. The molecule has 1 spiro atoms. The molecule has 4 amide bonds. The zero-order valence-corrected chi connectivity index (χ0v) is 16.6. The molecule has 2 fully saturated rings. The van der Waals surface area contributed by atoms with E-state index < -0.39 is 23.5 Å². The van der Waals surface area contributed by atoms with Crippen molar-refractivity contribution in [1.29, 1.82) is 0 Å². The van der Waals surface area contributed by atoms with Gasteiger partial charge in [-0.1, -0.05) is 24.2 Å². The van der Waals surface area contributed by atoms with Gasteiger partial charge in [0.2, 0.25) is 5.91 Å². The highest BCUT2D eigenvalue weighted by molar-refractivity contribution is 7.22. The summed E-state index contributed by atoms with van der Waals surface area (Å²) in [7, 11) is 0. The molecule has 1 saturated carbocycles. The van der Waals surface area contributed by atoms with E-state index in [1.165, 1.54) is 11.3 Å². The van der Waals surface area contributed by atoms with Crippen LogP contribution in [0, 0.1) is 0 Å². The first kappa shape index (κ1) is 18.7. The van der Waals surface area contributed by atoms with Crippen LogP contribution in [0.3, 0.4) is 0 Å². The second-order valence-corrected chi connectivity index (χ2v) is 8.17. The number of carbonyl (C=O) groups excluding carboxylic acids is 3. The summed E-state index contributed by atoms with van der Waals surface area (Å²) in [6.07, 6.45) is 3.05. The summed E-state index contributed by atoms with van der Waals surface area (Å²) in [6, 6.07) is 4.11. The third kappa shape index (κ3) is 3.09. The molecule has 1 aromatic carbocycles. The van der Waals surface area contributed by atoms with Gasteiger partial charge in [-0.25, -0.2) is 14.7 Å². The Morgan fingerprint density at radius 1 is 1.39 bits per heavy atom. The normalized spacial score (nSPS) is 19.3. The average Bonchev–Trinajstić information content (AvgIpc) is 3.34. The number of anilines is 1. The number of fused-ring (bicyclic) bond motifs is 1. The van der Waals surface area contributed by atoms with Gasteiger partial charge < -0.3 is 15.4 Å². The highest BCUT2D eigenvalue weighted by Gasteiger charge is 2.54. The van der Waals surface area contributed by atoms with E-state index in [0.29, 0.717) is 24.6 Å². The molecular weight excluding hydrogens is 380 g/mol. The molecule has 1 atom stereocenters. The van der Waals surface area contributed by atoms with Crippen molar-refractivity contribution in [3.8, 4) is 5.75 Å². The van der Waals surface area contributed by atoms with Gasteiger partial charge in [0.05, 0.1) is 16.8 Å². The Kier molecular flexibility index (Phi) is 4.70. The maximum Gasteiger partial charge on any atom is 0.325 e. The molecular formula is C19H22N4O4S. The summed E-state index contributed by atoms with van der Waals surface area (Å²) in [5.41, 5.74) is -0.0757. The lowest BCUT2D eigenvalue weighted by molar-refractivity contribution is -0.136. The van der Waals surface area contributed by atoms with Crippen LogP contribution in [0.15, 0.2) is 18.2 Å². The molecule has 8 nitrogen and oxygen atoms in total. The molecule has 1 aliphatic heterocycles. The number of nitrogens with zero attached hydrogens (tertiary/aromatic N) is 2. The van der Waals surface area contributed by atoms with Crippen LogP contribution in [0.4, 0.5) is 9.93 Å². The topological polar surface area (TPSA) is 101 Å². The number of benzene rings is 1. The second kappa shape index (κ2) is 7.05. The van der Waals surface area contributed by atoms with Gasteiger partial charge in [0.15, 0.2) is 5.13 Å². The molecule has 2 N–H and O–H groups in total. The van der Waals surface area contributed by atoms with Crippen molar-refractivity contribution in [1.82, 2.24) is 15.2 Å². The van der Waals surface area contributed by atoms with Gasteiger partial charge in [-0.15, -0.1) is 0 Å². The standard InChI is InChI=1S/C19H22N4O4S/c1-3-27-12-6-7-13-14(10-12)28-17(20-13)21-15(24)11(2)23-16(25)19(22-18(23)26)8-4-5-9-19/h6-7,10-11H,3-5,8-9H2,1-2H3,(H,22,26)(H,20,21,24). The SMILES string of the molecule is CCOc1ccc2nc(NC(=O)C(C)N3C(=O)NC4(CCCC4)C3=O)sc2c1. The Balaban J connectivity index is 1.49. The first-order valence-electron chi connectivity index (χ1n) is 9.43. The number of nitrogens with one attached hydrogen (secondary N) is 2. The van der Waals surface area contributed by atoms with Crippen LogP contribution in [0.25, 0.3) is 10.2 Å². The van der Waals surface area contributed by atoms with Gasteiger partial charge in [0.1, 0.15) is 17.3 Å². The quantitative estimate of drug-likeness (QED) is 0.749. The fraction of sp³-hybridized carbons (Fsp3) is 0.474. The van der Waals surface area contributed by atoms with E-state index in [1.807, 2.05) is 25.1 Å². The van der Waals surface area contributed by atoms with E-state index >= 15 is 0 Å². The minimum absolute atomic E-state index is 0.302. The smallest absolute Gasteiger partial charge is 0.325 e. The molecule has 0 radical (unpaired) electrons. The fourth-order valence-electron chi connectivity index (χ4n) is 3.85. The molecule has 1 unspecified atom stereocenters. The summed E-state index contributed by atoms with van der Waals surface area (Å²) in [5, 5.41) is 5.95. The number of ether oxygens (including phenoxy) is 1. The molecule has 4 rings (SSSR count). The van der Waals surface area contributed by atoms with Crippen molar-refractivity contribution >= 4 is 44.5 Å². The van der Waals surface area contributed by atoms with Crippen molar-refractivity contribution in [3.05, 3.63) is 18.2 Å². The third-order valence-corrected chi connectivity index (χ3v) is 6.25. The van der Waals surface area contributed by atoms with Crippen molar-refractivity contribution in [2.45, 2.75) is 51.1 Å². The summed E-state index contributed by atoms with van der Waals surface area (Å²) < 4.78 is 6.37. The van der Waals surface area contributed by atoms with Crippen LogP contribution in [-0.2, 0) is 9.59 Å². The maximum absolute atomic E-state index is 12.8. The number of imide groups is 1. The lowest BCUT2D eigenvalue weighted by atomic mass is 9.97. The first-order valence-corrected chi connectivity index (χ1v) is 10.3. The van der Waals surface area contributed by atoms with Crippen molar-refractivity contribution in [2.75, 3.05) is 11.9 Å². The van der Waals surface area contributed by atoms with Crippen LogP contribution in [0.2, 0.25) is 0 Å². The lowest BCUT2D eigenvalue weighted by Crippen LogP contribution is -2.48. The van der Waals surface area contributed by atoms with Crippen LogP contribution in [0.1, 0.15) is 39.5 Å². The van der Waals surface area contributed by atoms with Gasteiger partial charge in [0, 0.05) is 0 Å².